The summed E-state index contributed by atoms with van der Waals surface area (Å²) in [7, 11) is 5.56. The number of piperazine rings is 1. The van der Waals surface area contributed by atoms with Gasteiger partial charge in [-0.05, 0) is 31.2 Å². The van der Waals surface area contributed by atoms with Crippen molar-refractivity contribution in [2.45, 2.75) is 6.92 Å². The fraction of sp³-hybridized carbons (Fsp3) is 0.421. The second kappa shape index (κ2) is 7.59. The third-order valence-electron chi connectivity index (χ3n) is 4.50. The van der Waals surface area contributed by atoms with Crippen molar-refractivity contribution in [1.29, 1.82) is 0 Å². The van der Waals surface area contributed by atoms with Gasteiger partial charge in [-0.25, -0.2) is 9.97 Å². The first-order valence-electron chi connectivity index (χ1n) is 8.69. The molecule has 1 aromatic carbocycles. The molecule has 7 nitrogen and oxygen atoms in total. The van der Waals surface area contributed by atoms with E-state index in [1.165, 1.54) is 0 Å². The highest BCUT2D eigenvalue weighted by atomic mass is 16.5. The molecule has 0 bridgehead atoms. The van der Waals surface area contributed by atoms with Crippen molar-refractivity contribution in [3.05, 3.63) is 41.7 Å². The van der Waals surface area contributed by atoms with Gasteiger partial charge in [0.2, 0.25) is 0 Å². The van der Waals surface area contributed by atoms with Crippen LogP contribution in [-0.2, 0) is 0 Å². The van der Waals surface area contributed by atoms with Gasteiger partial charge in [-0.3, -0.25) is 4.79 Å². The third kappa shape index (κ3) is 3.87. The standard InChI is InChI=1S/C19H25N5O2/c1-14-20-17(22(2)3)13-18(21-14)23-9-11-24(12-10-23)19(25)15-5-7-16(26-4)8-6-15/h5-8,13H,9-12H2,1-4H3. The average molecular weight is 355 g/mol. The summed E-state index contributed by atoms with van der Waals surface area (Å²) in [4.78, 5) is 27.7. The first-order valence-corrected chi connectivity index (χ1v) is 8.69. The van der Waals surface area contributed by atoms with Crippen molar-refractivity contribution in [3.63, 3.8) is 0 Å². The summed E-state index contributed by atoms with van der Waals surface area (Å²) in [6, 6.07) is 9.25. The van der Waals surface area contributed by atoms with Crippen LogP contribution in [0, 0.1) is 6.92 Å². The molecule has 0 unspecified atom stereocenters. The number of ether oxygens (including phenoxy) is 1. The number of methoxy groups -OCH3 is 1. The maximum atomic E-state index is 12.7. The van der Waals surface area contributed by atoms with Crippen molar-refractivity contribution in [2.75, 3.05) is 57.2 Å². The smallest absolute Gasteiger partial charge is 0.253 e. The third-order valence-corrected chi connectivity index (χ3v) is 4.50. The fourth-order valence-electron chi connectivity index (χ4n) is 2.98. The molecule has 1 aliphatic heterocycles. The Balaban J connectivity index is 1.66. The summed E-state index contributed by atoms with van der Waals surface area (Å²) in [6.07, 6.45) is 0. The van der Waals surface area contributed by atoms with Gasteiger partial charge in [0.05, 0.1) is 7.11 Å². The van der Waals surface area contributed by atoms with Crippen LogP contribution in [0.3, 0.4) is 0 Å². The van der Waals surface area contributed by atoms with Gasteiger partial charge in [-0.15, -0.1) is 0 Å². The van der Waals surface area contributed by atoms with E-state index < -0.39 is 0 Å². The van der Waals surface area contributed by atoms with E-state index in [4.69, 9.17) is 4.74 Å². The highest BCUT2D eigenvalue weighted by molar-refractivity contribution is 5.94. The molecule has 138 valence electrons. The molecule has 0 spiro atoms. The summed E-state index contributed by atoms with van der Waals surface area (Å²) in [5.74, 6) is 3.37. The SMILES string of the molecule is COc1ccc(C(=O)N2CCN(c3cc(N(C)C)nc(C)n3)CC2)cc1. The molecule has 0 saturated carbocycles. The van der Waals surface area contributed by atoms with Crippen LogP contribution in [0.2, 0.25) is 0 Å². The maximum absolute atomic E-state index is 12.7. The number of rotatable bonds is 4. The van der Waals surface area contributed by atoms with Crippen molar-refractivity contribution in [1.82, 2.24) is 14.9 Å². The van der Waals surface area contributed by atoms with E-state index in [0.717, 1.165) is 36.3 Å². The van der Waals surface area contributed by atoms with E-state index in [2.05, 4.69) is 14.9 Å². The van der Waals surface area contributed by atoms with E-state index in [0.29, 0.717) is 18.7 Å². The largest absolute Gasteiger partial charge is 0.497 e. The van der Waals surface area contributed by atoms with Crippen molar-refractivity contribution < 1.29 is 9.53 Å². The van der Waals surface area contributed by atoms with Gasteiger partial charge in [-0.2, -0.15) is 0 Å². The van der Waals surface area contributed by atoms with Crippen LogP contribution >= 0.6 is 0 Å². The Bertz CT molecular complexity index is 768. The minimum absolute atomic E-state index is 0.0557. The van der Waals surface area contributed by atoms with Crippen LogP contribution in [0.1, 0.15) is 16.2 Å². The van der Waals surface area contributed by atoms with Gasteiger partial charge in [-0.1, -0.05) is 0 Å². The number of aryl methyl sites for hydroxylation is 1. The lowest BCUT2D eigenvalue weighted by molar-refractivity contribution is 0.0746. The number of hydrogen-bond donors (Lipinski definition) is 0. The summed E-state index contributed by atoms with van der Waals surface area (Å²) >= 11 is 0. The lowest BCUT2D eigenvalue weighted by Gasteiger charge is -2.35. The molecule has 3 rings (SSSR count). The molecule has 1 saturated heterocycles. The van der Waals surface area contributed by atoms with E-state index in [9.17, 15) is 4.79 Å². The van der Waals surface area contributed by atoms with Gasteiger partial charge in [0, 0.05) is 51.9 Å². The first-order chi connectivity index (χ1) is 12.5. The van der Waals surface area contributed by atoms with E-state index >= 15 is 0 Å². The Morgan fingerprint density at radius 1 is 1.08 bits per heavy atom. The van der Waals surface area contributed by atoms with E-state index in [1.807, 2.05) is 61.2 Å². The Morgan fingerprint density at radius 2 is 1.73 bits per heavy atom. The molecule has 0 radical (unpaired) electrons. The lowest BCUT2D eigenvalue weighted by Crippen LogP contribution is -2.49. The number of amides is 1. The lowest BCUT2D eigenvalue weighted by atomic mass is 10.1. The normalized spacial score (nSPS) is 14.3. The summed E-state index contributed by atoms with van der Waals surface area (Å²) in [5, 5.41) is 0. The molecule has 2 aromatic rings. The van der Waals surface area contributed by atoms with Crippen LogP contribution in [0.5, 0.6) is 5.75 Å². The Morgan fingerprint density at radius 3 is 2.31 bits per heavy atom. The monoisotopic (exact) mass is 355 g/mol. The Hall–Kier alpha value is -2.83. The van der Waals surface area contributed by atoms with Gasteiger partial charge in [0.15, 0.2) is 0 Å². The zero-order chi connectivity index (χ0) is 18.7. The van der Waals surface area contributed by atoms with Gasteiger partial charge >= 0.3 is 0 Å². The predicted molar refractivity (Wildman–Crippen MR) is 102 cm³/mol. The topological polar surface area (TPSA) is 61.8 Å². The minimum Gasteiger partial charge on any atom is -0.497 e. The zero-order valence-electron chi connectivity index (χ0n) is 15.8. The van der Waals surface area contributed by atoms with Crippen LogP contribution in [0.4, 0.5) is 11.6 Å². The van der Waals surface area contributed by atoms with Crippen LogP contribution < -0.4 is 14.5 Å². The molecule has 7 heteroatoms. The number of carbonyl (C=O) groups is 1. The van der Waals surface area contributed by atoms with Crippen molar-refractivity contribution >= 4 is 17.5 Å². The number of anilines is 2. The first kappa shape index (κ1) is 18.0. The number of nitrogens with zero attached hydrogens (tertiary/aromatic N) is 5. The van der Waals surface area contributed by atoms with Crippen LogP contribution in [-0.4, -0.2) is 68.2 Å². The molecule has 2 heterocycles. The average Bonchev–Trinajstić information content (AvgIpc) is 2.67. The number of benzene rings is 1. The molecule has 1 amide bonds. The molecule has 26 heavy (non-hydrogen) atoms. The van der Waals surface area contributed by atoms with Gasteiger partial charge in [0.25, 0.3) is 5.91 Å². The van der Waals surface area contributed by atoms with E-state index in [1.54, 1.807) is 7.11 Å². The number of carbonyl (C=O) groups excluding carboxylic acids is 1. The van der Waals surface area contributed by atoms with Gasteiger partial charge < -0.3 is 19.4 Å². The summed E-state index contributed by atoms with van der Waals surface area (Å²) in [5.41, 5.74) is 0.687. The molecule has 1 aromatic heterocycles. The zero-order valence-corrected chi connectivity index (χ0v) is 15.8. The minimum atomic E-state index is 0.0557. The van der Waals surface area contributed by atoms with Crippen molar-refractivity contribution in [2.24, 2.45) is 0 Å². The molecular formula is C19H25N5O2. The molecule has 1 aliphatic rings. The van der Waals surface area contributed by atoms with Crippen molar-refractivity contribution in [3.8, 4) is 5.75 Å². The molecule has 0 atom stereocenters. The highest BCUT2D eigenvalue weighted by Crippen LogP contribution is 2.20. The number of hydrogen-bond acceptors (Lipinski definition) is 6. The molecule has 0 aliphatic carbocycles. The summed E-state index contributed by atoms with van der Waals surface area (Å²) < 4.78 is 5.15. The van der Waals surface area contributed by atoms with Crippen LogP contribution in [0.25, 0.3) is 0 Å². The Kier molecular flexibility index (Phi) is 5.25. The number of aromatic nitrogens is 2. The maximum Gasteiger partial charge on any atom is 0.253 e. The van der Waals surface area contributed by atoms with E-state index in [-0.39, 0.29) is 5.91 Å². The predicted octanol–water partition coefficient (Wildman–Crippen LogP) is 1.82. The van der Waals surface area contributed by atoms with Gasteiger partial charge in [0.1, 0.15) is 23.2 Å². The molecular weight excluding hydrogens is 330 g/mol. The second-order valence-corrected chi connectivity index (χ2v) is 6.53. The molecule has 1 fully saturated rings. The quantitative estimate of drug-likeness (QED) is 0.834. The molecule has 0 N–H and O–H groups in total. The highest BCUT2D eigenvalue weighted by Gasteiger charge is 2.23. The second-order valence-electron chi connectivity index (χ2n) is 6.53. The fourth-order valence-corrected chi connectivity index (χ4v) is 2.98. The summed E-state index contributed by atoms with van der Waals surface area (Å²) in [6.45, 7) is 4.76. The van der Waals surface area contributed by atoms with Crippen LogP contribution in [0.15, 0.2) is 30.3 Å². The Labute approximate surface area is 154 Å².